The molecule has 9 nitrogen and oxygen atoms in total. The van der Waals surface area contributed by atoms with E-state index in [0.717, 1.165) is 116 Å². The van der Waals surface area contributed by atoms with Crippen LogP contribution < -0.4 is 4.89 Å². The lowest BCUT2D eigenvalue weighted by Gasteiger charge is -2.28. The van der Waals surface area contributed by atoms with E-state index in [1.54, 1.807) is 0 Å². The quantitative estimate of drug-likeness (QED) is 0.0195. The summed E-state index contributed by atoms with van der Waals surface area (Å²) in [6.07, 6.45) is 108. The van der Waals surface area contributed by atoms with Gasteiger partial charge in [-0.3, -0.25) is 14.2 Å². The van der Waals surface area contributed by atoms with E-state index in [1.807, 2.05) is 21.1 Å². The average Bonchev–Trinajstić information content (AvgIpc) is 1.57. The van der Waals surface area contributed by atoms with Gasteiger partial charge in [-0.05, 0) is 122 Å². The molecule has 0 radical (unpaired) electrons. The monoisotopic (exact) mass is 1330 g/mol. The van der Waals surface area contributed by atoms with Gasteiger partial charge in [0.2, 0.25) is 0 Å². The summed E-state index contributed by atoms with van der Waals surface area (Å²) < 4.78 is 34.4. The topological polar surface area (TPSA) is 111 Å². The molecule has 0 aromatic rings. The molecule has 0 aromatic heterocycles. The zero-order chi connectivity index (χ0) is 68.3. The van der Waals surface area contributed by atoms with Gasteiger partial charge in [0.25, 0.3) is 7.82 Å². The molecule has 0 heterocycles. The molecule has 0 saturated heterocycles. The highest BCUT2D eigenvalue weighted by molar-refractivity contribution is 7.45. The van der Waals surface area contributed by atoms with Crippen molar-refractivity contribution >= 4 is 19.8 Å². The van der Waals surface area contributed by atoms with Gasteiger partial charge in [0.05, 0.1) is 27.7 Å². The van der Waals surface area contributed by atoms with Crippen LogP contribution in [0.4, 0.5) is 0 Å². The number of carbonyl (C=O) groups excluding carboxylic acids is 2. The minimum absolute atomic E-state index is 0.0367. The predicted octanol–water partition coefficient (Wildman–Crippen LogP) is 25.1. The van der Waals surface area contributed by atoms with Crippen LogP contribution in [0.3, 0.4) is 0 Å². The highest BCUT2D eigenvalue weighted by atomic mass is 31.2. The number of allylic oxidation sites excluding steroid dienone is 24. The van der Waals surface area contributed by atoms with Crippen molar-refractivity contribution in [3.05, 3.63) is 146 Å². The summed E-state index contributed by atoms with van der Waals surface area (Å²) in [5.74, 6) is -0.835. The molecule has 538 valence electrons. The fourth-order valence-corrected chi connectivity index (χ4v) is 11.2. The van der Waals surface area contributed by atoms with Gasteiger partial charge in [-0.25, -0.2) is 0 Å². The fourth-order valence-electron chi connectivity index (χ4n) is 10.5. The summed E-state index contributed by atoms with van der Waals surface area (Å²) in [7, 11) is 1.16. The zero-order valence-corrected chi connectivity index (χ0v) is 62.3. The van der Waals surface area contributed by atoms with Gasteiger partial charge < -0.3 is 27.9 Å². The number of phosphoric ester groups is 1. The van der Waals surface area contributed by atoms with Crippen LogP contribution in [0.25, 0.3) is 0 Å². The lowest BCUT2D eigenvalue weighted by atomic mass is 10.0. The molecule has 0 spiro atoms. The third-order valence-electron chi connectivity index (χ3n) is 16.3. The number of esters is 2. The second kappa shape index (κ2) is 73.1. The molecule has 2 unspecified atom stereocenters. The SMILES string of the molecule is CC/C=C\C/C=C\C/C=C\C/C=C\C/C=C\C/C=C\C/C=C\C/C=C\C/C=C\C/C=C\CCCCCCCCCCCCC(=O)OC(COC(=O)CCCCCCCCCCCCCCCCCCC/C=C\C/C=C\CCCCCCC)COP(=O)([O-])OCC[N+](C)(C)C. The summed E-state index contributed by atoms with van der Waals surface area (Å²) in [4.78, 5) is 38.2. The lowest BCUT2D eigenvalue weighted by Crippen LogP contribution is -2.37. The van der Waals surface area contributed by atoms with E-state index in [1.165, 1.54) is 173 Å². The van der Waals surface area contributed by atoms with Crippen LogP contribution in [0.2, 0.25) is 0 Å². The Bertz CT molecular complexity index is 2100. The van der Waals surface area contributed by atoms with E-state index in [0.29, 0.717) is 17.4 Å². The largest absolute Gasteiger partial charge is 0.756 e. The van der Waals surface area contributed by atoms with Gasteiger partial charge in [-0.15, -0.1) is 0 Å². The fraction of sp³-hybridized carbons (Fsp3) is 0.690. The molecular formula is C84H144NO8P. The molecule has 0 fully saturated rings. The van der Waals surface area contributed by atoms with Crippen molar-refractivity contribution in [2.75, 3.05) is 47.5 Å². The number of unbranched alkanes of at least 4 members (excludes halogenated alkanes) is 32. The van der Waals surface area contributed by atoms with Crippen LogP contribution in [0.15, 0.2) is 146 Å². The van der Waals surface area contributed by atoms with Gasteiger partial charge in [0.1, 0.15) is 19.8 Å². The molecule has 0 rings (SSSR count). The van der Waals surface area contributed by atoms with Gasteiger partial charge in [-0.2, -0.15) is 0 Å². The molecule has 10 heteroatoms. The first kappa shape index (κ1) is 89.9. The summed E-state index contributed by atoms with van der Waals surface area (Å²) in [5, 5.41) is 0. The van der Waals surface area contributed by atoms with Crippen LogP contribution in [0, 0.1) is 0 Å². The van der Waals surface area contributed by atoms with Crippen molar-refractivity contribution in [1.82, 2.24) is 0 Å². The number of ether oxygens (including phenoxy) is 2. The minimum atomic E-state index is -4.65. The molecule has 0 bridgehead atoms. The van der Waals surface area contributed by atoms with E-state index in [9.17, 15) is 19.0 Å². The van der Waals surface area contributed by atoms with E-state index >= 15 is 0 Å². The molecule has 0 aliphatic heterocycles. The van der Waals surface area contributed by atoms with Crippen LogP contribution in [0.1, 0.15) is 322 Å². The first-order valence-electron chi connectivity index (χ1n) is 38.5. The van der Waals surface area contributed by atoms with Crippen LogP contribution in [0.5, 0.6) is 0 Å². The number of rotatable bonds is 70. The Balaban J connectivity index is 4.05. The van der Waals surface area contributed by atoms with E-state index in [2.05, 4.69) is 160 Å². The van der Waals surface area contributed by atoms with Crippen molar-refractivity contribution in [3.8, 4) is 0 Å². The molecule has 0 N–H and O–H groups in total. The Morgan fingerprint density at radius 2 is 0.606 bits per heavy atom. The van der Waals surface area contributed by atoms with Crippen LogP contribution >= 0.6 is 7.82 Å². The summed E-state index contributed by atoms with van der Waals surface area (Å²) >= 11 is 0. The Kier molecular flexibility index (Phi) is 69.9. The summed E-state index contributed by atoms with van der Waals surface area (Å²) in [6, 6.07) is 0. The van der Waals surface area contributed by atoms with Crippen molar-refractivity contribution in [1.29, 1.82) is 0 Å². The lowest BCUT2D eigenvalue weighted by molar-refractivity contribution is -0.870. The van der Waals surface area contributed by atoms with E-state index in [-0.39, 0.29) is 32.0 Å². The van der Waals surface area contributed by atoms with Gasteiger partial charge in [-0.1, -0.05) is 333 Å². The normalized spacial score (nSPS) is 13.9. The van der Waals surface area contributed by atoms with Gasteiger partial charge >= 0.3 is 11.9 Å². The molecule has 0 aliphatic carbocycles. The maximum absolute atomic E-state index is 12.9. The highest BCUT2D eigenvalue weighted by Gasteiger charge is 2.22. The third kappa shape index (κ3) is 76.9. The number of phosphoric acid groups is 1. The Hall–Kier alpha value is -4.11. The van der Waals surface area contributed by atoms with Gasteiger partial charge in [0, 0.05) is 12.8 Å². The second-order valence-corrected chi connectivity index (χ2v) is 28.0. The molecule has 0 amide bonds. The number of quaternary nitrogens is 1. The number of carbonyl (C=O) groups is 2. The molecular weight excluding hydrogens is 1180 g/mol. The average molecular weight is 1330 g/mol. The maximum Gasteiger partial charge on any atom is 0.306 e. The smallest absolute Gasteiger partial charge is 0.306 e. The van der Waals surface area contributed by atoms with Crippen molar-refractivity contribution in [3.63, 3.8) is 0 Å². The maximum atomic E-state index is 12.9. The Morgan fingerprint density at radius 3 is 0.904 bits per heavy atom. The van der Waals surface area contributed by atoms with Crippen LogP contribution in [-0.4, -0.2) is 70.0 Å². The van der Waals surface area contributed by atoms with E-state index < -0.39 is 26.5 Å². The molecule has 0 aromatic carbocycles. The van der Waals surface area contributed by atoms with Crippen molar-refractivity contribution in [2.45, 2.75) is 328 Å². The van der Waals surface area contributed by atoms with Gasteiger partial charge in [0.15, 0.2) is 6.10 Å². The summed E-state index contributed by atoms with van der Waals surface area (Å²) in [5.41, 5.74) is 0. The Labute approximate surface area is 580 Å². The second-order valence-electron chi connectivity index (χ2n) is 26.6. The van der Waals surface area contributed by atoms with Crippen molar-refractivity contribution < 1.29 is 42.1 Å². The number of likely N-dealkylation sites (N-methyl/N-ethyl adjacent to an activating group) is 1. The van der Waals surface area contributed by atoms with E-state index in [4.69, 9.17) is 18.5 Å². The molecule has 94 heavy (non-hydrogen) atoms. The standard InChI is InChI=1S/C84H144NO8P/c1-6-8-10-12-14-16-18-20-22-24-26-28-30-32-34-36-37-38-39-40-41-42-43-44-45-46-47-49-51-53-55-57-59-61-63-65-67-69-71-73-75-77-84(87)93-82(81-92-94(88,89)91-79-78-85(3,4)5)80-90-83(86)76-74-72-70-68-66-64-62-60-58-56-54-52-50-48-35-33-31-29-27-25-23-21-19-17-15-13-11-9-7-2/h8,10,14,16,19-22,25-28,32,34,37-38,40-41,43-44,46-47,51,53,82H,6-7,9,11-13,15,17-18,23-24,29-31,33,35-36,39,42,45,48-50,52,54-81H2,1-5H3/b10-8-,16-14-,21-19-,22-20-,27-25-,28-26-,34-32-,38-37-,41-40-,44-43-,47-46-,53-51-. The number of nitrogens with zero attached hydrogens (tertiary/aromatic N) is 1. The summed E-state index contributed by atoms with van der Waals surface area (Å²) in [6.45, 7) is 4.13. The molecule has 0 saturated carbocycles. The zero-order valence-electron chi connectivity index (χ0n) is 61.4. The highest BCUT2D eigenvalue weighted by Crippen LogP contribution is 2.38. The Morgan fingerprint density at radius 1 is 0.340 bits per heavy atom. The number of hydrogen-bond donors (Lipinski definition) is 0. The van der Waals surface area contributed by atoms with Crippen molar-refractivity contribution in [2.24, 2.45) is 0 Å². The third-order valence-corrected chi connectivity index (χ3v) is 17.3. The molecule has 2 atom stereocenters. The first-order chi connectivity index (χ1) is 46.0. The number of hydrogen-bond acceptors (Lipinski definition) is 8. The first-order valence-corrected chi connectivity index (χ1v) is 40.0. The van der Waals surface area contributed by atoms with Crippen LogP contribution in [-0.2, 0) is 32.7 Å². The predicted molar refractivity (Wildman–Crippen MR) is 406 cm³/mol. The minimum Gasteiger partial charge on any atom is -0.756 e. The molecule has 0 aliphatic rings.